The van der Waals surface area contributed by atoms with Crippen LogP contribution in [0.2, 0.25) is 4.34 Å². The molecule has 1 aromatic rings. The summed E-state index contributed by atoms with van der Waals surface area (Å²) in [6, 6.07) is 1.22. The fraction of sp³-hybridized carbons (Fsp3) is 0.400. The van der Waals surface area contributed by atoms with Crippen LogP contribution >= 0.6 is 22.9 Å². The van der Waals surface area contributed by atoms with Crippen LogP contribution < -0.4 is 10.6 Å². The van der Waals surface area contributed by atoms with E-state index in [1.54, 1.807) is 19.1 Å². The van der Waals surface area contributed by atoms with Crippen molar-refractivity contribution in [1.82, 2.24) is 10.6 Å². The van der Waals surface area contributed by atoms with Gasteiger partial charge in [-0.15, -0.1) is 11.3 Å². The summed E-state index contributed by atoms with van der Waals surface area (Å²) in [5.74, 6) is -1.29. The summed E-state index contributed by atoms with van der Waals surface area (Å²) < 4.78 is 0.609. The zero-order valence-corrected chi connectivity index (χ0v) is 11.1. The Bertz CT molecular complexity index is 437. The Labute approximate surface area is 113 Å². The van der Waals surface area contributed by atoms with Gasteiger partial charge in [0.15, 0.2) is 6.04 Å². The molecule has 0 aromatic carbocycles. The number of hydrogen-bond donors (Lipinski definition) is 4. The van der Waals surface area contributed by atoms with E-state index in [0.29, 0.717) is 4.34 Å². The number of carboxylic acid groups (broad SMARTS) is 1. The monoisotopic (exact) mass is 292 g/mol. The number of hydrogen-bond acceptors (Lipinski definition) is 4. The second-order valence-electron chi connectivity index (χ2n) is 3.55. The van der Waals surface area contributed by atoms with Crippen molar-refractivity contribution in [2.24, 2.45) is 0 Å². The summed E-state index contributed by atoms with van der Waals surface area (Å²) in [5, 5.41) is 22.1. The zero-order valence-electron chi connectivity index (χ0n) is 9.51. The van der Waals surface area contributed by atoms with Gasteiger partial charge in [0.25, 0.3) is 0 Å². The molecule has 0 radical (unpaired) electrons. The number of rotatable bonds is 5. The molecule has 100 valence electrons. The van der Waals surface area contributed by atoms with Gasteiger partial charge < -0.3 is 20.8 Å². The molecule has 4 N–H and O–H groups in total. The van der Waals surface area contributed by atoms with Crippen molar-refractivity contribution in [3.63, 3.8) is 0 Å². The lowest BCUT2D eigenvalue weighted by Gasteiger charge is -2.16. The van der Waals surface area contributed by atoms with E-state index < -0.39 is 24.6 Å². The predicted molar refractivity (Wildman–Crippen MR) is 67.9 cm³/mol. The first-order valence-electron chi connectivity index (χ1n) is 5.10. The van der Waals surface area contributed by atoms with Gasteiger partial charge in [-0.25, -0.2) is 9.59 Å². The zero-order chi connectivity index (χ0) is 13.7. The molecule has 18 heavy (non-hydrogen) atoms. The lowest BCUT2D eigenvalue weighted by Crippen LogP contribution is -2.48. The predicted octanol–water partition coefficient (Wildman–Crippen LogP) is 1.21. The van der Waals surface area contributed by atoms with Crippen LogP contribution in [0.15, 0.2) is 12.1 Å². The molecule has 1 heterocycles. The number of carbonyl (C=O) groups is 2. The first-order chi connectivity index (χ1) is 8.43. The van der Waals surface area contributed by atoms with E-state index in [1.165, 1.54) is 11.3 Å². The molecule has 0 aliphatic heterocycles. The van der Waals surface area contributed by atoms with E-state index in [2.05, 4.69) is 10.6 Å². The number of carboxylic acids is 1. The van der Waals surface area contributed by atoms with Gasteiger partial charge in [0.05, 0.1) is 17.0 Å². The number of aliphatic carboxylic acids is 1. The van der Waals surface area contributed by atoms with Crippen molar-refractivity contribution >= 4 is 34.9 Å². The van der Waals surface area contributed by atoms with Crippen LogP contribution in [-0.2, 0) is 4.79 Å². The third-order valence-corrected chi connectivity index (χ3v) is 3.57. The lowest BCUT2D eigenvalue weighted by molar-refractivity contribution is -0.140. The highest BCUT2D eigenvalue weighted by Crippen LogP contribution is 2.26. The molecule has 2 amide bonds. The first-order valence-corrected chi connectivity index (χ1v) is 6.29. The van der Waals surface area contributed by atoms with Gasteiger partial charge in [-0.2, -0.15) is 0 Å². The molecule has 0 saturated heterocycles. The summed E-state index contributed by atoms with van der Waals surface area (Å²) >= 11 is 7.09. The average Bonchev–Trinajstić information content (AvgIpc) is 2.72. The Morgan fingerprint density at radius 2 is 2.11 bits per heavy atom. The minimum absolute atomic E-state index is 0.296. The second-order valence-corrected chi connectivity index (χ2v) is 5.30. The first kappa shape index (κ1) is 14.7. The van der Waals surface area contributed by atoms with Gasteiger partial charge in [-0.1, -0.05) is 11.6 Å². The van der Waals surface area contributed by atoms with E-state index in [-0.39, 0.29) is 6.04 Å². The smallest absolute Gasteiger partial charge is 0.328 e. The minimum atomic E-state index is -1.32. The number of aliphatic hydroxyl groups excluding tert-OH is 1. The van der Waals surface area contributed by atoms with Crippen LogP contribution in [0.3, 0.4) is 0 Å². The Kier molecular flexibility index (Phi) is 5.39. The molecule has 1 unspecified atom stereocenters. The van der Waals surface area contributed by atoms with Crippen molar-refractivity contribution < 1.29 is 19.8 Å². The third-order valence-electron chi connectivity index (χ3n) is 2.15. The maximum Gasteiger partial charge on any atom is 0.328 e. The summed E-state index contributed by atoms with van der Waals surface area (Å²) in [5.41, 5.74) is 0. The Morgan fingerprint density at radius 3 is 2.56 bits per heavy atom. The summed E-state index contributed by atoms with van der Waals surface area (Å²) in [7, 11) is 0. The highest BCUT2D eigenvalue weighted by Gasteiger charge is 2.20. The normalized spacial score (nSPS) is 13.7. The van der Waals surface area contributed by atoms with Gasteiger partial charge in [-0.3, -0.25) is 0 Å². The quantitative estimate of drug-likeness (QED) is 0.655. The molecular formula is C10H13ClN2O4S. The van der Waals surface area contributed by atoms with Crippen molar-refractivity contribution in [1.29, 1.82) is 0 Å². The number of halogens is 1. The summed E-state index contributed by atoms with van der Waals surface area (Å²) in [6.07, 6.45) is 0. The lowest BCUT2D eigenvalue weighted by atomic mass is 10.3. The minimum Gasteiger partial charge on any atom is -0.480 e. The number of thiophene rings is 1. The fourth-order valence-corrected chi connectivity index (χ4v) is 2.28. The van der Waals surface area contributed by atoms with Crippen LogP contribution in [0.5, 0.6) is 0 Å². The Balaban J connectivity index is 2.52. The largest absolute Gasteiger partial charge is 0.480 e. The molecule has 0 aliphatic carbocycles. The maximum atomic E-state index is 11.5. The molecule has 1 rings (SSSR count). The number of urea groups is 1. The van der Waals surface area contributed by atoms with E-state index >= 15 is 0 Å². The highest BCUT2D eigenvalue weighted by atomic mass is 35.5. The molecule has 6 nitrogen and oxygen atoms in total. The van der Waals surface area contributed by atoms with Crippen molar-refractivity contribution in [3.8, 4) is 0 Å². The van der Waals surface area contributed by atoms with Crippen molar-refractivity contribution in [2.75, 3.05) is 6.61 Å². The average molecular weight is 293 g/mol. The number of amides is 2. The fourth-order valence-electron chi connectivity index (χ4n) is 1.21. The van der Waals surface area contributed by atoms with Gasteiger partial charge in [0.1, 0.15) is 0 Å². The molecule has 0 saturated carbocycles. The molecule has 0 spiro atoms. The Hall–Kier alpha value is -1.31. The van der Waals surface area contributed by atoms with Gasteiger partial charge in [-0.05, 0) is 19.1 Å². The van der Waals surface area contributed by atoms with Crippen molar-refractivity contribution in [3.05, 3.63) is 21.3 Å². The summed E-state index contributed by atoms with van der Waals surface area (Å²) in [4.78, 5) is 22.9. The molecule has 1 aromatic heterocycles. The van der Waals surface area contributed by atoms with Crippen molar-refractivity contribution in [2.45, 2.75) is 19.0 Å². The number of nitrogens with one attached hydrogen (secondary N) is 2. The van der Waals surface area contributed by atoms with E-state index in [1.807, 2.05) is 0 Å². The van der Waals surface area contributed by atoms with E-state index in [9.17, 15) is 9.59 Å². The number of carbonyl (C=O) groups excluding carboxylic acids is 1. The second kappa shape index (κ2) is 6.58. The van der Waals surface area contributed by atoms with Gasteiger partial charge in [0, 0.05) is 4.88 Å². The standard InChI is InChI=1S/C10H13ClN2O4S/c1-5(7-2-3-8(11)18-7)12-10(17)13-6(4-14)9(15)16/h2-3,5-6,14H,4H2,1H3,(H,15,16)(H2,12,13,17)/t5?,6-/m1/s1. The van der Waals surface area contributed by atoms with Crippen LogP contribution in [0.25, 0.3) is 0 Å². The van der Waals surface area contributed by atoms with Gasteiger partial charge in [0.2, 0.25) is 0 Å². The van der Waals surface area contributed by atoms with Crippen LogP contribution in [0, 0.1) is 0 Å². The molecule has 8 heteroatoms. The van der Waals surface area contributed by atoms with Crippen LogP contribution in [0.4, 0.5) is 4.79 Å². The molecule has 0 fully saturated rings. The maximum absolute atomic E-state index is 11.5. The molecule has 2 atom stereocenters. The molecular weight excluding hydrogens is 280 g/mol. The number of aliphatic hydroxyl groups is 1. The highest BCUT2D eigenvalue weighted by molar-refractivity contribution is 7.16. The Morgan fingerprint density at radius 1 is 1.44 bits per heavy atom. The van der Waals surface area contributed by atoms with E-state index in [0.717, 1.165) is 4.88 Å². The molecule has 0 bridgehead atoms. The summed E-state index contributed by atoms with van der Waals surface area (Å²) in [6.45, 7) is 1.08. The third kappa shape index (κ3) is 4.17. The SMILES string of the molecule is CC(NC(=O)N[C@H](CO)C(=O)O)c1ccc(Cl)s1. The van der Waals surface area contributed by atoms with Crippen LogP contribution in [-0.4, -0.2) is 34.9 Å². The van der Waals surface area contributed by atoms with Crippen LogP contribution in [0.1, 0.15) is 17.8 Å². The topological polar surface area (TPSA) is 98.7 Å². The van der Waals surface area contributed by atoms with Gasteiger partial charge >= 0.3 is 12.0 Å². The molecule has 0 aliphatic rings. The van der Waals surface area contributed by atoms with E-state index in [4.69, 9.17) is 21.8 Å².